The van der Waals surface area contributed by atoms with Crippen LogP contribution in [0.25, 0.3) is 10.2 Å². The maximum atomic E-state index is 13.2. The Kier molecular flexibility index (Phi) is 6.06. The van der Waals surface area contributed by atoms with E-state index >= 15 is 0 Å². The first-order valence-corrected chi connectivity index (χ1v) is 10.5. The number of hydrogen-bond acceptors (Lipinski definition) is 4. The minimum absolute atomic E-state index is 0.241. The number of allylic oxidation sites excluding steroid dienone is 1. The molecule has 1 amide bonds. The second-order valence-electron chi connectivity index (χ2n) is 7.23. The van der Waals surface area contributed by atoms with Crippen LogP contribution in [-0.2, 0) is 16.4 Å². The fraction of sp³-hybridized carbons (Fsp3) is 0.286. The molecular formula is C21H19BrF3N3OS. The van der Waals surface area contributed by atoms with Gasteiger partial charge in [0.15, 0.2) is 0 Å². The van der Waals surface area contributed by atoms with Crippen LogP contribution in [0.3, 0.4) is 0 Å². The van der Waals surface area contributed by atoms with E-state index in [1.165, 1.54) is 11.0 Å². The van der Waals surface area contributed by atoms with Gasteiger partial charge in [-0.1, -0.05) is 12.1 Å². The van der Waals surface area contributed by atoms with Gasteiger partial charge in [0.1, 0.15) is 15.5 Å². The number of pyridine rings is 1. The molecule has 0 N–H and O–H groups in total. The fourth-order valence-electron chi connectivity index (χ4n) is 3.20. The normalized spacial score (nSPS) is 14.9. The van der Waals surface area contributed by atoms with E-state index in [4.69, 9.17) is 0 Å². The van der Waals surface area contributed by atoms with Gasteiger partial charge in [0.25, 0.3) is 0 Å². The van der Waals surface area contributed by atoms with Crippen LogP contribution in [0, 0.1) is 0 Å². The van der Waals surface area contributed by atoms with Crippen molar-refractivity contribution in [1.29, 1.82) is 0 Å². The topological polar surface area (TPSA) is 46.1 Å². The number of thiazole rings is 1. The third kappa shape index (κ3) is 4.13. The molecule has 158 valence electrons. The molecule has 2 heterocycles. The van der Waals surface area contributed by atoms with Gasteiger partial charge in [-0.25, -0.2) is 9.97 Å². The Morgan fingerprint density at radius 1 is 1.23 bits per heavy atom. The van der Waals surface area contributed by atoms with Crippen LogP contribution in [-0.4, -0.2) is 34.9 Å². The number of carbonyl (C=O) groups excluding carboxylic acids is 1. The number of halogens is 4. The summed E-state index contributed by atoms with van der Waals surface area (Å²) in [6.45, 7) is 5.76. The number of alkyl halides is 3. The first-order chi connectivity index (χ1) is 14.0. The van der Waals surface area contributed by atoms with Gasteiger partial charge in [0, 0.05) is 19.5 Å². The Bertz CT molecular complexity index is 1110. The Balaban J connectivity index is 2.21. The summed E-state index contributed by atoms with van der Waals surface area (Å²) in [6, 6.07) is 8.76. The van der Waals surface area contributed by atoms with Crippen molar-refractivity contribution in [1.82, 2.24) is 14.9 Å². The maximum Gasteiger partial charge on any atom is 0.416 e. The molecule has 0 bridgehead atoms. The zero-order valence-corrected chi connectivity index (χ0v) is 18.9. The van der Waals surface area contributed by atoms with Crippen molar-refractivity contribution in [3.63, 3.8) is 0 Å². The van der Waals surface area contributed by atoms with Crippen molar-refractivity contribution in [2.75, 3.05) is 14.1 Å². The van der Waals surface area contributed by atoms with E-state index in [0.717, 1.165) is 23.5 Å². The number of likely N-dealkylation sites (N-methyl/N-ethyl adjacent to an activating group) is 1. The molecule has 0 unspecified atom stereocenters. The lowest BCUT2D eigenvalue weighted by Crippen LogP contribution is -2.40. The van der Waals surface area contributed by atoms with Gasteiger partial charge in [-0.05, 0) is 53.2 Å². The highest BCUT2D eigenvalue weighted by Crippen LogP contribution is 2.44. The predicted molar refractivity (Wildman–Crippen MR) is 116 cm³/mol. The van der Waals surface area contributed by atoms with Gasteiger partial charge < -0.3 is 4.90 Å². The summed E-state index contributed by atoms with van der Waals surface area (Å²) in [5, 5.41) is 0.409. The lowest BCUT2D eigenvalue weighted by molar-refractivity contribution is -0.137. The lowest BCUT2D eigenvalue weighted by Gasteiger charge is -2.34. The molecule has 1 aromatic carbocycles. The molecule has 4 nitrogen and oxygen atoms in total. The third-order valence-electron chi connectivity index (χ3n) is 4.96. The predicted octanol–water partition coefficient (Wildman–Crippen LogP) is 5.79. The molecule has 0 aliphatic carbocycles. The molecule has 0 aliphatic rings. The summed E-state index contributed by atoms with van der Waals surface area (Å²) >= 11 is 4.43. The molecule has 0 spiro atoms. The van der Waals surface area contributed by atoms with Crippen molar-refractivity contribution in [3.05, 3.63) is 69.9 Å². The molecule has 3 rings (SSSR count). The minimum Gasteiger partial charge on any atom is -0.348 e. The standard InChI is InChI=1S/C21H19BrF3N3OS/c1-5-20(2,15-7-6-8-16(22)27-15)17(19(29)28(3)4)18-26-13-10-9-12(21(23,24)25)11-14(13)30-18/h5-11,17H,1H2,2-4H3/t17-,20+/m1/s1. The van der Waals surface area contributed by atoms with Gasteiger partial charge in [0.2, 0.25) is 5.91 Å². The SMILES string of the molecule is C=C[C@@](C)(c1cccc(Br)n1)[C@@H](C(=O)N(C)C)c1nc2ccc(C(F)(F)F)cc2s1. The van der Waals surface area contributed by atoms with Gasteiger partial charge in [0.05, 0.1) is 21.5 Å². The number of carbonyl (C=O) groups is 1. The van der Waals surface area contributed by atoms with Crippen LogP contribution in [0.15, 0.2) is 53.7 Å². The monoisotopic (exact) mass is 497 g/mol. The molecule has 3 aromatic rings. The Hall–Kier alpha value is -2.26. The molecule has 0 radical (unpaired) electrons. The van der Waals surface area contributed by atoms with E-state index in [-0.39, 0.29) is 5.91 Å². The average Bonchev–Trinajstić information content (AvgIpc) is 3.09. The van der Waals surface area contributed by atoms with Crippen molar-refractivity contribution in [2.45, 2.75) is 24.4 Å². The van der Waals surface area contributed by atoms with Crippen LogP contribution in [0.4, 0.5) is 13.2 Å². The van der Waals surface area contributed by atoms with Gasteiger partial charge in [-0.2, -0.15) is 13.2 Å². The number of fused-ring (bicyclic) bond motifs is 1. The number of nitrogens with zero attached hydrogens (tertiary/aromatic N) is 3. The Labute approximate surface area is 184 Å². The second-order valence-corrected chi connectivity index (χ2v) is 9.11. The quantitative estimate of drug-likeness (QED) is 0.331. The number of amides is 1. The zero-order chi connectivity index (χ0) is 22.3. The van der Waals surface area contributed by atoms with Crippen molar-refractivity contribution < 1.29 is 18.0 Å². The summed E-state index contributed by atoms with van der Waals surface area (Å²) < 4.78 is 40.3. The number of aromatic nitrogens is 2. The first kappa shape index (κ1) is 22.4. The molecule has 0 saturated carbocycles. The minimum atomic E-state index is -4.45. The number of hydrogen-bond donors (Lipinski definition) is 0. The van der Waals surface area contributed by atoms with Gasteiger partial charge >= 0.3 is 6.18 Å². The highest BCUT2D eigenvalue weighted by molar-refractivity contribution is 9.10. The molecule has 0 fully saturated rings. The molecule has 9 heteroatoms. The molecule has 0 saturated heterocycles. The smallest absolute Gasteiger partial charge is 0.348 e. The largest absolute Gasteiger partial charge is 0.416 e. The van der Waals surface area contributed by atoms with Crippen molar-refractivity contribution in [2.24, 2.45) is 0 Å². The Morgan fingerprint density at radius 3 is 2.50 bits per heavy atom. The van der Waals surface area contributed by atoms with E-state index in [1.54, 1.807) is 38.4 Å². The summed E-state index contributed by atoms with van der Waals surface area (Å²) in [5.74, 6) is -1.05. The molecule has 0 aliphatic heterocycles. The molecule has 30 heavy (non-hydrogen) atoms. The second kappa shape index (κ2) is 8.11. The fourth-order valence-corrected chi connectivity index (χ4v) is 4.78. The van der Waals surface area contributed by atoms with E-state index in [0.29, 0.717) is 25.5 Å². The summed E-state index contributed by atoms with van der Waals surface area (Å²) in [7, 11) is 3.25. The summed E-state index contributed by atoms with van der Waals surface area (Å²) in [6.07, 6.45) is -2.81. The first-order valence-electron chi connectivity index (χ1n) is 8.93. The van der Waals surface area contributed by atoms with Crippen LogP contribution in [0.2, 0.25) is 0 Å². The summed E-state index contributed by atoms with van der Waals surface area (Å²) in [4.78, 5) is 23.7. The lowest BCUT2D eigenvalue weighted by atomic mass is 9.73. The molecule has 2 atom stereocenters. The zero-order valence-electron chi connectivity index (χ0n) is 16.5. The molecule has 2 aromatic heterocycles. The number of rotatable bonds is 5. The van der Waals surface area contributed by atoms with E-state index in [9.17, 15) is 18.0 Å². The number of benzene rings is 1. The van der Waals surface area contributed by atoms with E-state index < -0.39 is 23.1 Å². The van der Waals surface area contributed by atoms with Crippen LogP contribution >= 0.6 is 27.3 Å². The van der Waals surface area contributed by atoms with E-state index in [1.807, 2.05) is 6.92 Å². The highest BCUT2D eigenvalue weighted by atomic mass is 79.9. The maximum absolute atomic E-state index is 13.2. The van der Waals surface area contributed by atoms with Crippen LogP contribution in [0.1, 0.15) is 29.1 Å². The highest BCUT2D eigenvalue weighted by Gasteiger charge is 2.43. The van der Waals surface area contributed by atoms with Gasteiger partial charge in [-0.3, -0.25) is 4.79 Å². The third-order valence-corrected chi connectivity index (χ3v) is 6.48. The molecular weight excluding hydrogens is 479 g/mol. The van der Waals surface area contributed by atoms with Crippen molar-refractivity contribution in [3.8, 4) is 0 Å². The van der Waals surface area contributed by atoms with Crippen LogP contribution < -0.4 is 0 Å². The average molecular weight is 498 g/mol. The van der Waals surface area contributed by atoms with Crippen LogP contribution in [0.5, 0.6) is 0 Å². The Morgan fingerprint density at radius 2 is 1.93 bits per heavy atom. The van der Waals surface area contributed by atoms with Gasteiger partial charge in [-0.15, -0.1) is 17.9 Å². The van der Waals surface area contributed by atoms with Crippen molar-refractivity contribution >= 4 is 43.4 Å². The van der Waals surface area contributed by atoms with E-state index in [2.05, 4.69) is 32.5 Å². The summed E-state index contributed by atoms with van der Waals surface area (Å²) in [5.41, 5.74) is -0.678.